The molecule has 0 saturated heterocycles. The molecule has 1 N–H and O–H groups in total. The summed E-state index contributed by atoms with van der Waals surface area (Å²) in [7, 11) is 0. The molecule has 0 bridgehead atoms. The van der Waals surface area contributed by atoms with Crippen molar-refractivity contribution < 1.29 is 14.3 Å². The summed E-state index contributed by atoms with van der Waals surface area (Å²) < 4.78 is 14.0. The second-order valence-electron chi connectivity index (χ2n) is 4.04. The van der Waals surface area contributed by atoms with Crippen molar-refractivity contribution in [2.75, 3.05) is 0 Å². The Balaban J connectivity index is 3.18. The van der Waals surface area contributed by atoms with Crippen molar-refractivity contribution in [3.8, 4) is 0 Å². The number of carboxylic acids is 1. The number of carbonyl (C=O) groups is 1. The van der Waals surface area contributed by atoms with Crippen LogP contribution >= 0.6 is 0 Å². The van der Waals surface area contributed by atoms with Gasteiger partial charge in [-0.25, -0.2) is 4.39 Å². The standard InChI is InChI=1S/C15H17FO2/c1-4-6-11(5-2)13-8-7-12(9-14(13)16)10(3)15(17)18/h4-10H,1-3H3,(H,17,18)/b6-4-,11-5+. The zero-order valence-corrected chi connectivity index (χ0v) is 10.8. The Morgan fingerprint density at radius 1 is 1.39 bits per heavy atom. The number of allylic oxidation sites excluding steroid dienone is 4. The highest BCUT2D eigenvalue weighted by Gasteiger charge is 2.15. The van der Waals surface area contributed by atoms with Gasteiger partial charge in [-0.1, -0.05) is 30.4 Å². The Bertz CT molecular complexity index is 501. The van der Waals surface area contributed by atoms with Crippen molar-refractivity contribution in [2.24, 2.45) is 0 Å². The monoisotopic (exact) mass is 248 g/mol. The molecule has 1 unspecified atom stereocenters. The van der Waals surface area contributed by atoms with Gasteiger partial charge < -0.3 is 5.11 Å². The summed E-state index contributed by atoms with van der Waals surface area (Å²) in [5.41, 5.74) is 1.74. The first-order chi connectivity index (χ1) is 8.51. The maximum absolute atomic E-state index is 14.0. The molecule has 2 nitrogen and oxygen atoms in total. The van der Waals surface area contributed by atoms with E-state index < -0.39 is 17.7 Å². The Hall–Kier alpha value is -1.90. The van der Waals surface area contributed by atoms with Crippen LogP contribution in [0.4, 0.5) is 4.39 Å². The van der Waals surface area contributed by atoms with Gasteiger partial charge in [0.05, 0.1) is 5.92 Å². The van der Waals surface area contributed by atoms with Crippen molar-refractivity contribution in [2.45, 2.75) is 26.7 Å². The molecule has 96 valence electrons. The van der Waals surface area contributed by atoms with Crippen molar-refractivity contribution >= 4 is 11.5 Å². The number of halogens is 1. The van der Waals surface area contributed by atoms with Gasteiger partial charge in [0.1, 0.15) is 5.82 Å². The molecule has 0 aliphatic carbocycles. The fraction of sp³-hybridized carbons (Fsp3) is 0.267. The highest BCUT2D eigenvalue weighted by Crippen LogP contribution is 2.24. The van der Waals surface area contributed by atoms with Crippen LogP contribution in [0.3, 0.4) is 0 Å². The lowest BCUT2D eigenvalue weighted by Gasteiger charge is -2.10. The summed E-state index contributed by atoms with van der Waals surface area (Å²) >= 11 is 0. The normalized spacial score (nSPS) is 13.9. The van der Waals surface area contributed by atoms with Gasteiger partial charge in [-0.2, -0.15) is 0 Å². The molecule has 3 heteroatoms. The van der Waals surface area contributed by atoms with E-state index in [1.807, 2.05) is 32.1 Å². The largest absolute Gasteiger partial charge is 0.481 e. The summed E-state index contributed by atoms with van der Waals surface area (Å²) in [4.78, 5) is 10.8. The van der Waals surface area contributed by atoms with E-state index in [0.29, 0.717) is 11.1 Å². The smallest absolute Gasteiger partial charge is 0.310 e. The van der Waals surface area contributed by atoms with E-state index in [1.165, 1.54) is 6.07 Å². The average molecular weight is 248 g/mol. The predicted octanol–water partition coefficient (Wildman–Crippen LogP) is 3.99. The Morgan fingerprint density at radius 3 is 2.50 bits per heavy atom. The van der Waals surface area contributed by atoms with Crippen molar-refractivity contribution in [1.82, 2.24) is 0 Å². The zero-order valence-electron chi connectivity index (χ0n) is 10.8. The second kappa shape index (κ2) is 6.15. The molecule has 0 aliphatic rings. The number of carboxylic acid groups (broad SMARTS) is 1. The van der Waals surface area contributed by atoms with Crippen LogP contribution in [0.5, 0.6) is 0 Å². The highest BCUT2D eigenvalue weighted by atomic mass is 19.1. The van der Waals surface area contributed by atoms with Gasteiger partial charge in [0.15, 0.2) is 0 Å². The van der Waals surface area contributed by atoms with E-state index in [9.17, 15) is 9.18 Å². The molecule has 0 aromatic heterocycles. The molecule has 0 saturated carbocycles. The number of benzene rings is 1. The van der Waals surface area contributed by atoms with E-state index in [2.05, 4.69) is 0 Å². The maximum atomic E-state index is 14.0. The van der Waals surface area contributed by atoms with E-state index >= 15 is 0 Å². The first-order valence-corrected chi connectivity index (χ1v) is 5.82. The molecule has 0 amide bonds. The SMILES string of the molecule is C/C=C\C(=C/C)c1ccc(C(C)C(=O)O)cc1F. The molecule has 0 fully saturated rings. The first-order valence-electron chi connectivity index (χ1n) is 5.82. The van der Waals surface area contributed by atoms with Crippen LogP contribution in [0.15, 0.2) is 36.4 Å². The fourth-order valence-corrected chi connectivity index (χ4v) is 1.70. The third kappa shape index (κ3) is 3.06. The van der Waals surface area contributed by atoms with Gasteiger partial charge in [-0.15, -0.1) is 0 Å². The summed E-state index contributed by atoms with van der Waals surface area (Å²) in [5, 5.41) is 8.89. The lowest BCUT2D eigenvalue weighted by atomic mass is 9.96. The molecule has 0 aliphatic heterocycles. The molecule has 1 aromatic carbocycles. The molecule has 18 heavy (non-hydrogen) atoms. The first kappa shape index (κ1) is 14.2. The summed E-state index contributed by atoms with van der Waals surface area (Å²) in [6.07, 6.45) is 5.47. The lowest BCUT2D eigenvalue weighted by Crippen LogP contribution is -2.08. The van der Waals surface area contributed by atoms with E-state index in [1.54, 1.807) is 19.1 Å². The minimum atomic E-state index is -0.957. The third-order valence-electron chi connectivity index (χ3n) is 2.83. The van der Waals surface area contributed by atoms with Crippen LogP contribution in [0, 0.1) is 5.82 Å². The third-order valence-corrected chi connectivity index (χ3v) is 2.83. The van der Waals surface area contributed by atoms with Gasteiger partial charge in [0.2, 0.25) is 0 Å². The molecule has 1 aromatic rings. The van der Waals surface area contributed by atoms with Gasteiger partial charge in [-0.3, -0.25) is 4.79 Å². The van der Waals surface area contributed by atoms with Gasteiger partial charge in [0.25, 0.3) is 0 Å². The van der Waals surface area contributed by atoms with Crippen LogP contribution in [-0.4, -0.2) is 11.1 Å². The summed E-state index contributed by atoms with van der Waals surface area (Å²) in [6, 6.07) is 4.57. The Morgan fingerprint density at radius 2 is 2.06 bits per heavy atom. The molecule has 0 radical (unpaired) electrons. The van der Waals surface area contributed by atoms with E-state index in [0.717, 1.165) is 5.57 Å². The van der Waals surface area contributed by atoms with Crippen molar-refractivity contribution in [3.05, 3.63) is 53.4 Å². The molecule has 1 atom stereocenters. The van der Waals surface area contributed by atoms with Crippen molar-refractivity contribution in [3.63, 3.8) is 0 Å². The number of hydrogen-bond acceptors (Lipinski definition) is 1. The van der Waals surface area contributed by atoms with Gasteiger partial charge >= 0.3 is 5.97 Å². The predicted molar refractivity (Wildman–Crippen MR) is 70.9 cm³/mol. The topological polar surface area (TPSA) is 37.3 Å². The molecular weight excluding hydrogens is 231 g/mol. The maximum Gasteiger partial charge on any atom is 0.310 e. The molecular formula is C15H17FO2. The molecule has 0 spiro atoms. The second-order valence-corrected chi connectivity index (χ2v) is 4.04. The van der Waals surface area contributed by atoms with Gasteiger partial charge in [0, 0.05) is 5.56 Å². The summed E-state index contributed by atoms with van der Waals surface area (Å²) in [6.45, 7) is 5.24. The van der Waals surface area contributed by atoms with E-state index in [4.69, 9.17) is 5.11 Å². The number of hydrogen-bond donors (Lipinski definition) is 1. The van der Waals surface area contributed by atoms with Crippen molar-refractivity contribution in [1.29, 1.82) is 0 Å². The van der Waals surface area contributed by atoms with Crippen LogP contribution in [-0.2, 0) is 4.79 Å². The minimum absolute atomic E-state index is 0.396. The van der Waals surface area contributed by atoms with Gasteiger partial charge in [-0.05, 0) is 38.0 Å². The molecule has 0 heterocycles. The summed E-state index contributed by atoms with van der Waals surface area (Å²) in [5.74, 6) is -2.06. The minimum Gasteiger partial charge on any atom is -0.481 e. The highest BCUT2D eigenvalue weighted by molar-refractivity contribution is 5.77. The Labute approximate surface area is 106 Å². The average Bonchev–Trinajstić information content (AvgIpc) is 2.35. The van der Waals surface area contributed by atoms with Crippen LogP contribution in [0.1, 0.15) is 37.8 Å². The lowest BCUT2D eigenvalue weighted by molar-refractivity contribution is -0.138. The van der Waals surface area contributed by atoms with Crippen LogP contribution < -0.4 is 0 Å². The van der Waals surface area contributed by atoms with E-state index in [-0.39, 0.29) is 0 Å². The van der Waals surface area contributed by atoms with Crippen LogP contribution in [0.25, 0.3) is 5.57 Å². The number of aliphatic carboxylic acids is 1. The van der Waals surface area contributed by atoms with Crippen LogP contribution in [0.2, 0.25) is 0 Å². The molecule has 1 rings (SSSR count). The number of rotatable bonds is 4. The fourth-order valence-electron chi connectivity index (χ4n) is 1.70. The Kier molecular flexibility index (Phi) is 4.84. The zero-order chi connectivity index (χ0) is 13.7. The quantitative estimate of drug-likeness (QED) is 0.818.